The molecule has 0 radical (unpaired) electrons. The van der Waals surface area contributed by atoms with E-state index in [1.165, 1.54) is 48.5 Å². The molecule has 0 saturated carbocycles. The molecule has 0 bridgehead atoms. The third-order valence-corrected chi connectivity index (χ3v) is 4.52. The Balaban J connectivity index is 2.47. The van der Waals surface area contributed by atoms with Crippen molar-refractivity contribution in [3.05, 3.63) is 107 Å². The van der Waals surface area contributed by atoms with Crippen molar-refractivity contribution in [1.82, 2.24) is 0 Å². The van der Waals surface area contributed by atoms with Crippen LogP contribution in [0, 0.1) is 0 Å². The summed E-state index contributed by atoms with van der Waals surface area (Å²) in [6.07, 6.45) is -10.8. The predicted octanol–water partition coefficient (Wildman–Crippen LogP) is 7.86. The highest BCUT2D eigenvalue weighted by Gasteiger charge is 2.61. The van der Waals surface area contributed by atoms with Gasteiger partial charge in [-0.15, -0.1) is 0 Å². The van der Waals surface area contributed by atoms with Crippen molar-refractivity contribution >= 4 is 11.1 Å². The number of hydrogen-bond donors (Lipinski definition) is 0. The summed E-state index contributed by atoms with van der Waals surface area (Å²) in [6.45, 7) is 0. The normalized spacial score (nSPS) is 13.7. The van der Waals surface area contributed by atoms with E-state index < -0.39 is 46.1 Å². The van der Waals surface area contributed by atoms with Gasteiger partial charge in [-0.1, -0.05) is 72.8 Å². The van der Waals surface area contributed by atoms with E-state index in [1.807, 2.05) is 0 Å². The smallest absolute Gasteiger partial charge is 0.191 e. The van der Waals surface area contributed by atoms with E-state index in [4.69, 9.17) is 0 Å². The van der Waals surface area contributed by atoms with E-state index in [-0.39, 0.29) is 5.56 Å². The summed E-state index contributed by atoms with van der Waals surface area (Å²) < 4.78 is 110. The Morgan fingerprint density at radius 2 is 1.00 bits per heavy atom. The van der Waals surface area contributed by atoms with E-state index in [1.54, 1.807) is 0 Å². The van der Waals surface area contributed by atoms with Crippen LogP contribution >= 0.6 is 0 Å². The Kier molecular flexibility index (Phi) is 5.93. The molecule has 31 heavy (non-hydrogen) atoms. The first kappa shape index (κ1) is 22.5. The van der Waals surface area contributed by atoms with Crippen molar-refractivity contribution in [3.63, 3.8) is 0 Å². The summed E-state index contributed by atoms with van der Waals surface area (Å²) >= 11 is 0. The lowest BCUT2D eigenvalue weighted by molar-refractivity contribution is -0.253. The number of benzene rings is 3. The fourth-order valence-corrected chi connectivity index (χ4v) is 3.14. The second-order valence-electron chi connectivity index (χ2n) is 6.63. The van der Waals surface area contributed by atoms with Gasteiger partial charge in [-0.3, -0.25) is 0 Å². The first-order chi connectivity index (χ1) is 14.4. The Labute approximate surface area is 172 Å². The van der Waals surface area contributed by atoms with Crippen LogP contribution in [0.5, 0.6) is 0 Å². The third-order valence-electron chi connectivity index (χ3n) is 4.52. The molecule has 0 heterocycles. The van der Waals surface area contributed by atoms with Gasteiger partial charge in [0.25, 0.3) is 0 Å². The van der Waals surface area contributed by atoms with Crippen LogP contribution in [0.1, 0.15) is 22.3 Å². The van der Waals surface area contributed by atoms with Crippen LogP contribution in [0.3, 0.4) is 0 Å². The van der Waals surface area contributed by atoms with Gasteiger partial charge in [0, 0.05) is 5.57 Å². The van der Waals surface area contributed by atoms with Gasteiger partial charge >= 0.3 is 18.3 Å². The molecule has 162 valence electrons. The fraction of sp³-hybridized carbons (Fsp3) is 0.130. The van der Waals surface area contributed by atoms with Crippen molar-refractivity contribution in [3.8, 4) is 0 Å². The van der Waals surface area contributed by atoms with Gasteiger partial charge in [-0.05, 0) is 34.4 Å². The van der Waals surface area contributed by atoms with Gasteiger partial charge in [-0.2, -0.15) is 35.1 Å². The average molecular weight is 442 g/mol. The minimum Gasteiger partial charge on any atom is -0.191 e. The van der Waals surface area contributed by atoms with Crippen molar-refractivity contribution < 1.29 is 35.1 Å². The average Bonchev–Trinajstić information content (AvgIpc) is 2.71. The molecule has 0 aliphatic carbocycles. The van der Waals surface area contributed by atoms with Crippen LogP contribution in [0.4, 0.5) is 35.1 Å². The summed E-state index contributed by atoms with van der Waals surface area (Å²) in [5.41, 5.74) is -4.18. The standard InChI is InChI=1S/C23H14F8/c24-21(25,23(29,30)31)20(16-10-5-2-6-11-16)19(15-8-3-1-4-9-15)17-12-7-13-18(14-17)22(26,27)28/h1-14H/b20-19+. The first-order valence-electron chi connectivity index (χ1n) is 8.90. The van der Waals surface area contributed by atoms with E-state index in [2.05, 4.69) is 0 Å². The van der Waals surface area contributed by atoms with Crippen LogP contribution in [0.25, 0.3) is 11.1 Å². The lowest BCUT2D eigenvalue weighted by atomic mass is 9.85. The Morgan fingerprint density at radius 1 is 0.516 bits per heavy atom. The van der Waals surface area contributed by atoms with Gasteiger partial charge in [0.2, 0.25) is 0 Å². The zero-order valence-corrected chi connectivity index (χ0v) is 15.6. The minimum atomic E-state index is -5.97. The van der Waals surface area contributed by atoms with Gasteiger partial charge in [-0.25, -0.2) is 0 Å². The molecule has 3 aromatic carbocycles. The maximum absolute atomic E-state index is 14.8. The molecule has 3 rings (SSSR count). The highest BCUT2D eigenvalue weighted by Crippen LogP contribution is 2.50. The highest BCUT2D eigenvalue weighted by molar-refractivity contribution is 6.01. The lowest BCUT2D eigenvalue weighted by Gasteiger charge is -2.27. The Bertz CT molecular complexity index is 1060. The van der Waals surface area contributed by atoms with E-state index >= 15 is 0 Å². The molecule has 0 nitrogen and oxygen atoms in total. The monoisotopic (exact) mass is 442 g/mol. The summed E-state index contributed by atoms with van der Waals surface area (Å²) in [7, 11) is 0. The molecule has 3 aromatic rings. The Morgan fingerprint density at radius 3 is 1.48 bits per heavy atom. The summed E-state index contributed by atoms with van der Waals surface area (Å²) in [5.74, 6) is -5.34. The molecule has 0 fully saturated rings. The lowest BCUT2D eigenvalue weighted by Crippen LogP contribution is -2.38. The number of allylic oxidation sites excluding steroid dienone is 1. The number of halogens is 8. The van der Waals surface area contributed by atoms with Crippen LogP contribution in [-0.4, -0.2) is 12.1 Å². The second kappa shape index (κ2) is 8.17. The highest BCUT2D eigenvalue weighted by atomic mass is 19.4. The maximum atomic E-state index is 14.8. The molecule has 0 amide bonds. The zero-order chi connectivity index (χ0) is 22.9. The molecule has 0 saturated heterocycles. The molecular weight excluding hydrogens is 428 g/mol. The molecule has 0 aliphatic rings. The van der Waals surface area contributed by atoms with Crippen molar-refractivity contribution in [1.29, 1.82) is 0 Å². The molecule has 0 aromatic heterocycles. The largest absolute Gasteiger partial charge is 0.458 e. The van der Waals surface area contributed by atoms with Gasteiger partial charge in [0.15, 0.2) is 0 Å². The molecule has 0 unspecified atom stereocenters. The summed E-state index contributed by atoms with van der Waals surface area (Å²) in [4.78, 5) is 0. The van der Waals surface area contributed by atoms with Crippen LogP contribution in [-0.2, 0) is 6.18 Å². The first-order valence-corrected chi connectivity index (χ1v) is 8.90. The van der Waals surface area contributed by atoms with E-state index in [9.17, 15) is 35.1 Å². The Hall–Kier alpha value is -3.16. The van der Waals surface area contributed by atoms with Crippen LogP contribution in [0.15, 0.2) is 84.9 Å². The van der Waals surface area contributed by atoms with Crippen molar-refractivity contribution in [2.45, 2.75) is 18.3 Å². The molecule has 0 spiro atoms. The molecule has 0 N–H and O–H groups in total. The zero-order valence-electron chi connectivity index (χ0n) is 15.6. The SMILES string of the molecule is FC(F)(F)c1cccc(/C(=C(\c2ccccc2)C(F)(F)C(F)(F)F)c2ccccc2)c1. The second-order valence-corrected chi connectivity index (χ2v) is 6.63. The summed E-state index contributed by atoms with van der Waals surface area (Å²) in [6, 6.07) is 16.3. The van der Waals surface area contributed by atoms with E-state index in [0.29, 0.717) is 6.07 Å². The fourth-order valence-electron chi connectivity index (χ4n) is 3.14. The minimum absolute atomic E-state index is 0.0791. The number of rotatable bonds is 4. The summed E-state index contributed by atoms with van der Waals surface area (Å²) in [5, 5.41) is 0. The van der Waals surface area contributed by atoms with Crippen LogP contribution in [0.2, 0.25) is 0 Å². The number of alkyl halides is 8. The van der Waals surface area contributed by atoms with Crippen molar-refractivity contribution in [2.75, 3.05) is 0 Å². The molecule has 8 heteroatoms. The van der Waals surface area contributed by atoms with Gasteiger partial charge < -0.3 is 0 Å². The van der Waals surface area contributed by atoms with E-state index in [0.717, 1.165) is 30.3 Å². The topological polar surface area (TPSA) is 0 Å². The maximum Gasteiger partial charge on any atom is 0.458 e. The molecular formula is C23H14F8. The third kappa shape index (κ3) is 4.62. The number of hydrogen-bond acceptors (Lipinski definition) is 0. The quantitative estimate of drug-likeness (QED) is 0.285. The van der Waals surface area contributed by atoms with Gasteiger partial charge in [0.05, 0.1) is 5.56 Å². The van der Waals surface area contributed by atoms with Crippen molar-refractivity contribution in [2.24, 2.45) is 0 Å². The van der Waals surface area contributed by atoms with Crippen LogP contribution < -0.4 is 0 Å². The molecule has 0 atom stereocenters. The predicted molar refractivity (Wildman–Crippen MR) is 101 cm³/mol. The molecule has 0 aliphatic heterocycles. The van der Waals surface area contributed by atoms with Gasteiger partial charge in [0.1, 0.15) is 0 Å².